The number of ether oxygens (including phenoxy) is 2. The smallest absolute Gasteiger partial charge is 0.331 e. The molecule has 0 spiro atoms. The van der Waals surface area contributed by atoms with Crippen LogP contribution in [0.1, 0.15) is 13.8 Å². The molecule has 0 bridgehead atoms. The van der Waals surface area contributed by atoms with Gasteiger partial charge < -0.3 is 20.1 Å². The van der Waals surface area contributed by atoms with E-state index in [1.807, 2.05) is 0 Å². The lowest BCUT2D eigenvalue weighted by Gasteiger charge is -2.08. The van der Waals surface area contributed by atoms with Crippen molar-refractivity contribution in [2.45, 2.75) is 13.8 Å². The van der Waals surface area contributed by atoms with E-state index in [4.69, 9.17) is 4.74 Å². The van der Waals surface area contributed by atoms with Crippen LogP contribution >= 0.6 is 0 Å². The first-order valence-corrected chi connectivity index (χ1v) is 6.34. The molecule has 21 heavy (non-hydrogen) atoms. The molecule has 0 atom stereocenters. The van der Waals surface area contributed by atoms with E-state index < -0.39 is 11.9 Å². The molecule has 118 valence electrons. The molecule has 0 radical (unpaired) electrons. The largest absolute Gasteiger partial charge is 0.466 e. The summed E-state index contributed by atoms with van der Waals surface area (Å²) in [5.74, 6) is -2.18. The van der Waals surface area contributed by atoms with Gasteiger partial charge in [0.15, 0.2) is 0 Å². The Hall–Kier alpha value is -2.38. The zero-order chi connectivity index (χ0) is 16.3. The van der Waals surface area contributed by atoms with Gasteiger partial charge in [-0.15, -0.1) is 0 Å². The standard InChI is InChI=1S/C13H20N2O6/c1-9(2)13(19)15-8-10(16)14-6-7-21-12(18)5-4-11(17)20-3/h4-5,9H,6-8H2,1-3H3,(H,14,16)(H,15,19)/b5-4+. The van der Waals surface area contributed by atoms with E-state index in [1.54, 1.807) is 13.8 Å². The van der Waals surface area contributed by atoms with Crippen molar-refractivity contribution in [1.82, 2.24) is 10.6 Å². The van der Waals surface area contributed by atoms with Gasteiger partial charge in [-0.05, 0) is 0 Å². The quantitative estimate of drug-likeness (QED) is 0.343. The molecule has 0 fully saturated rings. The van der Waals surface area contributed by atoms with Crippen molar-refractivity contribution in [2.75, 3.05) is 26.8 Å². The first-order chi connectivity index (χ1) is 9.86. The lowest BCUT2D eigenvalue weighted by molar-refractivity contribution is -0.139. The van der Waals surface area contributed by atoms with Crippen LogP contribution in [-0.4, -0.2) is 50.6 Å². The number of nitrogens with one attached hydrogen (secondary N) is 2. The molecule has 0 aromatic rings. The molecular formula is C13H20N2O6. The van der Waals surface area contributed by atoms with Gasteiger partial charge in [-0.2, -0.15) is 0 Å². The van der Waals surface area contributed by atoms with Gasteiger partial charge in [0.2, 0.25) is 11.8 Å². The van der Waals surface area contributed by atoms with Crippen molar-refractivity contribution >= 4 is 23.8 Å². The maximum absolute atomic E-state index is 11.3. The number of methoxy groups -OCH3 is 1. The van der Waals surface area contributed by atoms with Crippen molar-refractivity contribution in [2.24, 2.45) is 5.92 Å². The Labute approximate surface area is 122 Å². The lowest BCUT2D eigenvalue weighted by atomic mass is 10.2. The maximum atomic E-state index is 11.3. The fourth-order valence-electron chi connectivity index (χ4n) is 1.03. The normalized spacial score (nSPS) is 10.3. The molecule has 0 saturated carbocycles. The summed E-state index contributed by atoms with van der Waals surface area (Å²) in [7, 11) is 1.19. The van der Waals surface area contributed by atoms with E-state index in [2.05, 4.69) is 15.4 Å². The van der Waals surface area contributed by atoms with Crippen LogP contribution in [0.2, 0.25) is 0 Å². The topological polar surface area (TPSA) is 111 Å². The molecule has 0 aliphatic heterocycles. The van der Waals surface area contributed by atoms with Crippen molar-refractivity contribution in [3.05, 3.63) is 12.2 Å². The number of rotatable bonds is 8. The number of amides is 2. The van der Waals surface area contributed by atoms with Gasteiger partial charge in [0.1, 0.15) is 6.61 Å². The van der Waals surface area contributed by atoms with Crippen molar-refractivity contribution in [3.8, 4) is 0 Å². The number of carbonyl (C=O) groups excluding carboxylic acids is 4. The molecule has 0 aliphatic carbocycles. The highest BCUT2D eigenvalue weighted by molar-refractivity contribution is 5.91. The third-order valence-electron chi connectivity index (χ3n) is 2.17. The fourth-order valence-corrected chi connectivity index (χ4v) is 1.03. The molecule has 2 amide bonds. The lowest BCUT2D eigenvalue weighted by Crippen LogP contribution is -2.39. The van der Waals surface area contributed by atoms with Crippen molar-refractivity contribution in [3.63, 3.8) is 0 Å². The molecule has 0 aliphatic rings. The highest BCUT2D eigenvalue weighted by atomic mass is 16.5. The van der Waals surface area contributed by atoms with Crippen LogP contribution in [0.25, 0.3) is 0 Å². The van der Waals surface area contributed by atoms with Crippen molar-refractivity contribution < 1.29 is 28.7 Å². The number of carbonyl (C=O) groups is 4. The molecule has 0 unspecified atom stereocenters. The summed E-state index contributed by atoms with van der Waals surface area (Å²) in [6.07, 6.45) is 1.86. The Balaban J connectivity index is 3.73. The number of hydrogen-bond acceptors (Lipinski definition) is 6. The first-order valence-electron chi connectivity index (χ1n) is 6.34. The Morgan fingerprint density at radius 2 is 1.67 bits per heavy atom. The molecule has 0 aromatic carbocycles. The van der Waals surface area contributed by atoms with Gasteiger partial charge in [0, 0.05) is 18.1 Å². The second kappa shape index (κ2) is 10.4. The van der Waals surface area contributed by atoms with Crippen LogP contribution in [0, 0.1) is 5.92 Å². The zero-order valence-corrected chi connectivity index (χ0v) is 12.3. The van der Waals surface area contributed by atoms with Gasteiger partial charge in [0.25, 0.3) is 0 Å². The van der Waals surface area contributed by atoms with E-state index in [0.717, 1.165) is 12.2 Å². The van der Waals surface area contributed by atoms with Gasteiger partial charge in [0.05, 0.1) is 20.2 Å². The molecule has 0 rings (SSSR count). The second-order valence-electron chi connectivity index (χ2n) is 4.25. The van der Waals surface area contributed by atoms with E-state index >= 15 is 0 Å². The minimum absolute atomic E-state index is 0.0474. The van der Waals surface area contributed by atoms with E-state index in [9.17, 15) is 19.2 Å². The van der Waals surface area contributed by atoms with Crippen LogP contribution in [0.3, 0.4) is 0 Å². The Kier molecular flexibility index (Phi) is 9.23. The van der Waals surface area contributed by atoms with E-state index in [1.165, 1.54) is 7.11 Å². The third kappa shape index (κ3) is 10.1. The van der Waals surface area contributed by atoms with Crippen molar-refractivity contribution in [1.29, 1.82) is 0 Å². The Morgan fingerprint density at radius 1 is 1.05 bits per heavy atom. The van der Waals surface area contributed by atoms with Crippen LogP contribution in [-0.2, 0) is 28.7 Å². The summed E-state index contributed by atoms with van der Waals surface area (Å²) >= 11 is 0. The summed E-state index contributed by atoms with van der Waals surface area (Å²) in [6.45, 7) is 3.36. The van der Waals surface area contributed by atoms with Crippen LogP contribution < -0.4 is 10.6 Å². The molecule has 0 aromatic heterocycles. The van der Waals surface area contributed by atoms with E-state index in [0.29, 0.717) is 0 Å². The molecular weight excluding hydrogens is 280 g/mol. The minimum Gasteiger partial charge on any atom is -0.466 e. The SMILES string of the molecule is COC(=O)/C=C/C(=O)OCCNC(=O)CNC(=O)C(C)C. The van der Waals surface area contributed by atoms with E-state index in [-0.39, 0.29) is 37.4 Å². The average molecular weight is 300 g/mol. The van der Waals surface area contributed by atoms with Crippen LogP contribution in [0.4, 0.5) is 0 Å². The molecule has 8 heteroatoms. The average Bonchev–Trinajstić information content (AvgIpc) is 2.46. The fraction of sp³-hybridized carbons (Fsp3) is 0.538. The maximum Gasteiger partial charge on any atom is 0.331 e. The first kappa shape index (κ1) is 18.6. The minimum atomic E-state index is -0.720. The third-order valence-corrected chi connectivity index (χ3v) is 2.17. The summed E-state index contributed by atoms with van der Waals surface area (Å²) in [6, 6.07) is 0. The molecule has 0 saturated heterocycles. The monoisotopic (exact) mass is 300 g/mol. The highest BCUT2D eigenvalue weighted by Gasteiger charge is 2.08. The molecule has 8 nitrogen and oxygen atoms in total. The van der Waals surface area contributed by atoms with Gasteiger partial charge in [-0.25, -0.2) is 9.59 Å². The van der Waals surface area contributed by atoms with Crippen LogP contribution in [0.15, 0.2) is 12.2 Å². The zero-order valence-electron chi connectivity index (χ0n) is 12.3. The molecule has 2 N–H and O–H groups in total. The Bertz CT molecular complexity index is 417. The summed E-state index contributed by atoms with van der Waals surface area (Å²) in [5, 5.41) is 4.91. The predicted octanol–water partition coefficient (Wildman–Crippen LogP) is -0.853. The van der Waals surface area contributed by atoms with Gasteiger partial charge in [-0.1, -0.05) is 13.8 Å². The summed E-state index contributed by atoms with van der Waals surface area (Å²) in [5.41, 5.74) is 0. The summed E-state index contributed by atoms with van der Waals surface area (Å²) in [4.78, 5) is 44.4. The highest BCUT2D eigenvalue weighted by Crippen LogP contribution is 1.89. The Morgan fingerprint density at radius 3 is 2.24 bits per heavy atom. The number of esters is 2. The predicted molar refractivity (Wildman–Crippen MR) is 73.0 cm³/mol. The van der Waals surface area contributed by atoms with Crippen LogP contribution in [0.5, 0.6) is 0 Å². The molecule has 0 heterocycles. The number of hydrogen-bond donors (Lipinski definition) is 2. The van der Waals surface area contributed by atoms with Gasteiger partial charge >= 0.3 is 11.9 Å². The summed E-state index contributed by atoms with van der Waals surface area (Å²) < 4.78 is 9.01. The van der Waals surface area contributed by atoms with Gasteiger partial charge in [-0.3, -0.25) is 9.59 Å². The second-order valence-corrected chi connectivity index (χ2v) is 4.25.